The normalized spacial score (nSPS) is 13.9. The highest BCUT2D eigenvalue weighted by molar-refractivity contribution is 6.14. The van der Waals surface area contributed by atoms with Gasteiger partial charge >= 0.3 is 0 Å². The Kier molecular flexibility index (Phi) is 5.67. The van der Waals surface area contributed by atoms with Crippen LogP contribution in [0, 0.1) is 5.82 Å². The van der Waals surface area contributed by atoms with Gasteiger partial charge < -0.3 is 9.47 Å². The monoisotopic (exact) mass is 416 g/mol. The lowest BCUT2D eigenvalue weighted by atomic mass is 10.0. The number of fused-ring (bicyclic) bond motifs is 1. The van der Waals surface area contributed by atoms with Crippen molar-refractivity contribution in [1.29, 1.82) is 0 Å². The quantitative estimate of drug-likeness (QED) is 0.375. The van der Waals surface area contributed by atoms with Crippen molar-refractivity contribution >= 4 is 17.6 Å². The Bertz CT molecular complexity index is 1160. The van der Waals surface area contributed by atoms with E-state index < -0.39 is 5.82 Å². The maximum Gasteiger partial charge on any atom is 0.231 e. The molecule has 156 valence electrons. The predicted molar refractivity (Wildman–Crippen MR) is 116 cm³/mol. The molecule has 0 saturated heterocycles. The first-order valence-electron chi connectivity index (χ1n) is 10.0. The van der Waals surface area contributed by atoms with Gasteiger partial charge in [-0.15, -0.1) is 0 Å². The van der Waals surface area contributed by atoms with Crippen LogP contribution in [0.1, 0.15) is 51.6 Å². The van der Waals surface area contributed by atoms with E-state index in [1.54, 1.807) is 24.3 Å². The van der Waals surface area contributed by atoms with Gasteiger partial charge in [-0.05, 0) is 59.5 Å². The zero-order valence-electron chi connectivity index (χ0n) is 17.2. The summed E-state index contributed by atoms with van der Waals surface area (Å²) in [6, 6.07) is 18.1. The summed E-state index contributed by atoms with van der Waals surface area (Å²) in [5.74, 6) is 0.597. The van der Waals surface area contributed by atoms with Crippen LogP contribution in [0.2, 0.25) is 0 Å². The molecule has 0 radical (unpaired) electrons. The van der Waals surface area contributed by atoms with Crippen LogP contribution in [0.3, 0.4) is 0 Å². The molecule has 0 unspecified atom stereocenters. The van der Waals surface area contributed by atoms with Gasteiger partial charge in [0.1, 0.15) is 17.3 Å². The van der Waals surface area contributed by atoms with Crippen molar-refractivity contribution in [1.82, 2.24) is 0 Å². The fourth-order valence-electron chi connectivity index (χ4n) is 3.25. The molecule has 5 heteroatoms. The summed E-state index contributed by atoms with van der Waals surface area (Å²) in [5.41, 5.74) is 2.91. The average Bonchev–Trinajstić information content (AvgIpc) is 3.07. The van der Waals surface area contributed by atoms with Gasteiger partial charge in [-0.2, -0.15) is 0 Å². The smallest absolute Gasteiger partial charge is 0.231 e. The minimum absolute atomic E-state index is 0.197. The molecular weight excluding hydrogens is 395 g/mol. The van der Waals surface area contributed by atoms with Gasteiger partial charge in [-0.25, -0.2) is 4.39 Å². The predicted octanol–water partition coefficient (Wildman–Crippen LogP) is 5.83. The SMILES string of the molecule is CC(C)c1ccc(C=C2Oc3cc(OCC(=O)c4ccc(F)cc4)ccc3C2=O)cc1. The number of ketones is 2. The lowest BCUT2D eigenvalue weighted by Crippen LogP contribution is -2.11. The number of rotatable bonds is 6. The Balaban J connectivity index is 1.45. The number of carbonyl (C=O) groups excluding carboxylic acids is 2. The first-order valence-corrected chi connectivity index (χ1v) is 10.0. The molecule has 0 bridgehead atoms. The Labute approximate surface area is 179 Å². The Morgan fingerprint density at radius 2 is 1.74 bits per heavy atom. The average molecular weight is 416 g/mol. The van der Waals surface area contributed by atoms with Crippen LogP contribution >= 0.6 is 0 Å². The standard InChI is InChI=1S/C26H21FO4/c1-16(2)18-5-3-17(4-6-18)13-25-26(29)22-12-11-21(14-24(22)31-25)30-15-23(28)19-7-9-20(27)10-8-19/h3-14,16H,15H2,1-2H3. The van der Waals surface area contributed by atoms with Crippen LogP contribution in [0.15, 0.2) is 72.5 Å². The van der Waals surface area contributed by atoms with Crippen molar-refractivity contribution < 1.29 is 23.5 Å². The van der Waals surface area contributed by atoms with Crippen molar-refractivity contribution in [2.75, 3.05) is 6.61 Å². The van der Waals surface area contributed by atoms with Crippen molar-refractivity contribution in [2.45, 2.75) is 19.8 Å². The van der Waals surface area contributed by atoms with Crippen LogP contribution < -0.4 is 9.47 Å². The molecule has 0 N–H and O–H groups in total. The van der Waals surface area contributed by atoms with Crippen molar-refractivity contribution in [2.24, 2.45) is 0 Å². The van der Waals surface area contributed by atoms with Crippen LogP contribution in [0.4, 0.5) is 4.39 Å². The van der Waals surface area contributed by atoms with Gasteiger partial charge in [0.15, 0.2) is 18.1 Å². The second-order valence-electron chi connectivity index (χ2n) is 7.64. The van der Waals surface area contributed by atoms with Gasteiger partial charge in [0, 0.05) is 11.6 Å². The van der Waals surface area contributed by atoms with Crippen molar-refractivity contribution in [3.05, 3.63) is 101 Å². The molecule has 0 aliphatic carbocycles. The van der Waals surface area contributed by atoms with Gasteiger partial charge in [-0.1, -0.05) is 38.1 Å². The topological polar surface area (TPSA) is 52.6 Å². The molecule has 0 atom stereocenters. The van der Waals surface area contributed by atoms with Crippen LogP contribution in [0.5, 0.6) is 11.5 Å². The van der Waals surface area contributed by atoms with E-state index in [4.69, 9.17) is 9.47 Å². The number of carbonyl (C=O) groups is 2. The Hall–Kier alpha value is -3.73. The van der Waals surface area contributed by atoms with Gasteiger partial charge in [-0.3, -0.25) is 9.59 Å². The summed E-state index contributed by atoms with van der Waals surface area (Å²) >= 11 is 0. The third kappa shape index (κ3) is 4.56. The largest absolute Gasteiger partial charge is 0.485 e. The second kappa shape index (κ2) is 8.56. The van der Waals surface area contributed by atoms with E-state index in [9.17, 15) is 14.0 Å². The van der Waals surface area contributed by atoms with Crippen molar-refractivity contribution in [3.63, 3.8) is 0 Å². The number of allylic oxidation sites excluding steroid dienone is 1. The molecule has 0 fully saturated rings. The van der Waals surface area contributed by atoms with Gasteiger partial charge in [0.25, 0.3) is 0 Å². The molecule has 0 spiro atoms. The highest BCUT2D eigenvalue weighted by Crippen LogP contribution is 2.35. The molecule has 4 rings (SSSR count). The summed E-state index contributed by atoms with van der Waals surface area (Å²) in [6.45, 7) is 4.05. The van der Waals surface area contributed by atoms with E-state index in [1.165, 1.54) is 29.8 Å². The second-order valence-corrected chi connectivity index (χ2v) is 7.64. The number of benzene rings is 3. The Morgan fingerprint density at radius 1 is 1.03 bits per heavy atom. The van der Waals surface area contributed by atoms with Crippen LogP contribution in [-0.4, -0.2) is 18.2 Å². The maximum absolute atomic E-state index is 13.0. The highest BCUT2D eigenvalue weighted by atomic mass is 19.1. The van der Waals surface area contributed by atoms with E-state index in [1.807, 2.05) is 24.3 Å². The fourth-order valence-corrected chi connectivity index (χ4v) is 3.25. The fraction of sp³-hybridized carbons (Fsp3) is 0.154. The van der Waals surface area contributed by atoms with Crippen LogP contribution in [0.25, 0.3) is 6.08 Å². The lowest BCUT2D eigenvalue weighted by Gasteiger charge is -2.07. The summed E-state index contributed by atoms with van der Waals surface area (Å²) < 4.78 is 24.3. The number of hydrogen-bond acceptors (Lipinski definition) is 4. The molecule has 31 heavy (non-hydrogen) atoms. The van der Waals surface area contributed by atoms with E-state index in [2.05, 4.69) is 13.8 Å². The minimum Gasteiger partial charge on any atom is -0.485 e. The third-order valence-electron chi connectivity index (χ3n) is 5.08. The summed E-state index contributed by atoms with van der Waals surface area (Å²) in [6.07, 6.45) is 1.71. The van der Waals surface area contributed by atoms with E-state index in [0.717, 1.165) is 5.56 Å². The molecule has 1 aliphatic heterocycles. The van der Waals surface area contributed by atoms with E-state index >= 15 is 0 Å². The maximum atomic E-state index is 13.0. The van der Waals surface area contributed by atoms with E-state index in [-0.39, 0.29) is 23.9 Å². The van der Waals surface area contributed by atoms with Gasteiger partial charge in [0.2, 0.25) is 5.78 Å². The first kappa shape index (κ1) is 20.5. The van der Waals surface area contributed by atoms with Crippen molar-refractivity contribution in [3.8, 4) is 11.5 Å². The zero-order chi connectivity index (χ0) is 22.0. The first-order chi connectivity index (χ1) is 14.9. The van der Waals surface area contributed by atoms with Gasteiger partial charge in [0.05, 0.1) is 5.56 Å². The molecule has 1 heterocycles. The number of ether oxygens (including phenoxy) is 2. The molecule has 3 aromatic carbocycles. The summed E-state index contributed by atoms with van der Waals surface area (Å²) in [5, 5.41) is 0. The van der Waals surface area contributed by atoms with Crippen LogP contribution in [-0.2, 0) is 0 Å². The molecule has 1 aliphatic rings. The molecule has 4 nitrogen and oxygen atoms in total. The zero-order valence-corrected chi connectivity index (χ0v) is 17.2. The Morgan fingerprint density at radius 3 is 2.42 bits per heavy atom. The minimum atomic E-state index is -0.405. The number of halogens is 1. The lowest BCUT2D eigenvalue weighted by molar-refractivity contribution is 0.0920. The highest BCUT2D eigenvalue weighted by Gasteiger charge is 2.27. The number of hydrogen-bond donors (Lipinski definition) is 0. The number of Topliss-reactive ketones (excluding diaryl/α,β-unsaturated/α-hetero) is 2. The molecule has 0 aromatic heterocycles. The third-order valence-corrected chi connectivity index (χ3v) is 5.08. The molecule has 0 saturated carbocycles. The van der Waals surface area contributed by atoms with E-state index in [0.29, 0.717) is 28.5 Å². The summed E-state index contributed by atoms with van der Waals surface area (Å²) in [4.78, 5) is 24.8. The molecule has 0 amide bonds. The summed E-state index contributed by atoms with van der Waals surface area (Å²) in [7, 11) is 0. The molecule has 3 aromatic rings. The molecular formula is C26H21FO4.